The predicted molar refractivity (Wildman–Crippen MR) is 70.7 cm³/mol. The van der Waals surface area contributed by atoms with Gasteiger partial charge in [0, 0.05) is 37.2 Å². The van der Waals surface area contributed by atoms with Crippen LogP contribution in [0, 0.1) is 0 Å². The Bertz CT molecular complexity index is 487. The van der Waals surface area contributed by atoms with Crippen LogP contribution in [0.25, 0.3) is 0 Å². The molecule has 0 bridgehead atoms. The molecule has 19 heavy (non-hydrogen) atoms. The van der Waals surface area contributed by atoms with E-state index in [1.807, 2.05) is 24.4 Å². The summed E-state index contributed by atoms with van der Waals surface area (Å²) in [6.45, 7) is 1.56. The molecule has 102 valence electrons. The van der Waals surface area contributed by atoms with Crippen LogP contribution in [0.4, 0.5) is 0 Å². The summed E-state index contributed by atoms with van der Waals surface area (Å²) in [4.78, 5) is 4.12. The highest BCUT2D eigenvalue weighted by atomic mass is 16.5. The third kappa shape index (κ3) is 4.04. The normalized spacial score (nSPS) is 12.3. The van der Waals surface area contributed by atoms with Crippen LogP contribution in [0.1, 0.15) is 5.56 Å². The van der Waals surface area contributed by atoms with Crippen molar-refractivity contribution in [3.8, 4) is 5.88 Å². The minimum absolute atomic E-state index is 0.476. The summed E-state index contributed by atoms with van der Waals surface area (Å²) in [5, 5.41) is 17.1. The van der Waals surface area contributed by atoms with Crippen molar-refractivity contribution in [1.82, 2.24) is 20.1 Å². The van der Waals surface area contributed by atoms with E-state index in [0.717, 1.165) is 5.56 Å². The van der Waals surface area contributed by atoms with Crippen LogP contribution in [-0.4, -0.2) is 39.6 Å². The zero-order valence-electron chi connectivity index (χ0n) is 10.9. The first-order valence-corrected chi connectivity index (χ1v) is 6.13. The van der Waals surface area contributed by atoms with Gasteiger partial charge in [-0.05, 0) is 12.1 Å². The molecular weight excluding hydrogens is 244 g/mol. The molecule has 2 aromatic heterocycles. The zero-order chi connectivity index (χ0) is 13.5. The molecule has 6 nitrogen and oxygen atoms in total. The third-order valence-electron chi connectivity index (χ3n) is 2.70. The summed E-state index contributed by atoms with van der Waals surface area (Å²) in [5.41, 5.74) is 0.969. The van der Waals surface area contributed by atoms with Crippen LogP contribution in [0.15, 0.2) is 36.8 Å². The Balaban J connectivity index is 1.76. The van der Waals surface area contributed by atoms with Gasteiger partial charge in [0.15, 0.2) is 0 Å². The average molecular weight is 262 g/mol. The van der Waals surface area contributed by atoms with E-state index in [-0.39, 0.29) is 0 Å². The van der Waals surface area contributed by atoms with E-state index in [1.54, 1.807) is 24.2 Å². The van der Waals surface area contributed by atoms with Crippen molar-refractivity contribution in [2.24, 2.45) is 0 Å². The van der Waals surface area contributed by atoms with Crippen LogP contribution >= 0.6 is 0 Å². The maximum Gasteiger partial charge on any atom is 0.217 e. The smallest absolute Gasteiger partial charge is 0.217 e. The molecule has 0 amide bonds. The van der Waals surface area contributed by atoms with E-state index in [2.05, 4.69) is 15.4 Å². The fourth-order valence-corrected chi connectivity index (χ4v) is 1.80. The molecule has 6 heteroatoms. The number of ether oxygens (including phenoxy) is 1. The highest BCUT2D eigenvalue weighted by molar-refractivity contribution is 5.24. The van der Waals surface area contributed by atoms with Crippen molar-refractivity contribution in [1.29, 1.82) is 0 Å². The number of pyridine rings is 1. The minimum atomic E-state index is -0.484. The van der Waals surface area contributed by atoms with Gasteiger partial charge in [-0.25, -0.2) is 4.98 Å². The van der Waals surface area contributed by atoms with Gasteiger partial charge in [0.05, 0.1) is 19.8 Å². The Morgan fingerprint density at radius 3 is 3.05 bits per heavy atom. The number of aromatic nitrogens is 3. The zero-order valence-corrected chi connectivity index (χ0v) is 10.9. The van der Waals surface area contributed by atoms with Gasteiger partial charge in [-0.2, -0.15) is 5.10 Å². The maximum absolute atomic E-state index is 9.86. The second-order valence-electron chi connectivity index (χ2n) is 4.18. The van der Waals surface area contributed by atoms with Gasteiger partial charge in [-0.3, -0.25) is 4.68 Å². The number of hydrogen-bond donors (Lipinski definition) is 2. The van der Waals surface area contributed by atoms with Gasteiger partial charge in [-0.1, -0.05) is 6.07 Å². The number of aliphatic hydroxyl groups excluding tert-OH is 1. The topological polar surface area (TPSA) is 72.2 Å². The molecule has 1 unspecified atom stereocenters. The molecule has 0 spiro atoms. The van der Waals surface area contributed by atoms with Crippen LogP contribution < -0.4 is 10.1 Å². The van der Waals surface area contributed by atoms with Crippen LogP contribution in [0.2, 0.25) is 0 Å². The van der Waals surface area contributed by atoms with E-state index >= 15 is 0 Å². The van der Waals surface area contributed by atoms with Crippen molar-refractivity contribution in [2.45, 2.75) is 19.2 Å². The van der Waals surface area contributed by atoms with E-state index in [0.29, 0.717) is 25.5 Å². The molecule has 0 aliphatic rings. The third-order valence-corrected chi connectivity index (χ3v) is 2.70. The lowest BCUT2D eigenvalue weighted by Gasteiger charge is -2.13. The van der Waals surface area contributed by atoms with Crippen molar-refractivity contribution in [2.75, 3.05) is 13.7 Å². The summed E-state index contributed by atoms with van der Waals surface area (Å²) in [5.74, 6) is 0.608. The Kier molecular flexibility index (Phi) is 4.88. The largest absolute Gasteiger partial charge is 0.481 e. The van der Waals surface area contributed by atoms with Crippen molar-refractivity contribution < 1.29 is 9.84 Å². The molecule has 2 rings (SSSR count). The van der Waals surface area contributed by atoms with Crippen LogP contribution in [-0.2, 0) is 13.1 Å². The minimum Gasteiger partial charge on any atom is -0.481 e. The molecule has 0 fully saturated rings. The summed E-state index contributed by atoms with van der Waals surface area (Å²) in [7, 11) is 1.60. The monoisotopic (exact) mass is 262 g/mol. The number of nitrogens with one attached hydrogen (secondary N) is 1. The molecule has 0 saturated carbocycles. The lowest BCUT2D eigenvalue weighted by Crippen LogP contribution is -2.30. The molecule has 0 aliphatic carbocycles. The van der Waals surface area contributed by atoms with Crippen LogP contribution in [0.5, 0.6) is 5.88 Å². The van der Waals surface area contributed by atoms with Crippen molar-refractivity contribution in [3.05, 3.63) is 42.4 Å². The summed E-state index contributed by atoms with van der Waals surface area (Å²) in [6, 6.07) is 5.64. The molecular formula is C13H18N4O2. The average Bonchev–Trinajstić information content (AvgIpc) is 2.92. The molecule has 2 aromatic rings. The second-order valence-corrected chi connectivity index (χ2v) is 4.18. The van der Waals surface area contributed by atoms with E-state index in [4.69, 9.17) is 4.74 Å². The number of hydrogen-bond acceptors (Lipinski definition) is 5. The van der Waals surface area contributed by atoms with Gasteiger partial charge in [0.1, 0.15) is 0 Å². The van der Waals surface area contributed by atoms with Crippen molar-refractivity contribution >= 4 is 0 Å². The first kappa shape index (κ1) is 13.5. The Labute approximate surface area is 112 Å². The van der Waals surface area contributed by atoms with Crippen molar-refractivity contribution in [3.63, 3.8) is 0 Å². The second kappa shape index (κ2) is 6.86. The molecule has 0 aromatic carbocycles. The fraction of sp³-hybridized carbons (Fsp3) is 0.385. The Morgan fingerprint density at radius 1 is 1.42 bits per heavy atom. The molecule has 0 saturated heterocycles. The first-order valence-electron chi connectivity index (χ1n) is 6.13. The van der Waals surface area contributed by atoms with Gasteiger partial charge >= 0.3 is 0 Å². The lowest BCUT2D eigenvalue weighted by molar-refractivity contribution is 0.146. The van der Waals surface area contributed by atoms with Crippen LogP contribution in [0.3, 0.4) is 0 Å². The van der Waals surface area contributed by atoms with Gasteiger partial charge in [0.2, 0.25) is 5.88 Å². The van der Waals surface area contributed by atoms with Gasteiger partial charge in [-0.15, -0.1) is 0 Å². The van der Waals surface area contributed by atoms with E-state index in [1.165, 1.54) is 0 Å². The van der Waals surface area contributed by atoms with Gasteiger partial charge < -0.3 is 15.2 Å². The number of aliphatic hydroxyl groups is 1. The maximum atomic E-state index is 9.86. The Morgan fingerprint density at radius 2 is 2.32 bits per heavy atom. The number of methoxy groups -OCH3 is 1. The van der Waals surface area contributed by atoms with Gasteiger partial charge in [0.25, 0.3) is 0 Å². The summed E-state index contributed by atoms with van der Waals surface area (Å²) < 4.78 is 6.87. The highest BCUT2D eigenvalue weighted by Crippen LogP contribution is 2.12. The SMILES string of the molecule is COc1ncccc1CNCC(O)Cn1cccn1. The molecule has 2 N–H and O–H groups in total. The van der Waals surface area contributed by atoms with E-state index < -0.39 is 6.10 Å². The molecule has 0 aliphatic heterocycles. The van der Waals surface area contributed by atoms with E-state index in [9.17, 15) is 5.11 Å². The number of rotatable bonds is 7. The first-order chi connectivity index (χ1) is 9.29. The standard InChI is InChI=1S/C13H18N4O2/c1-19-13-11(4-2-5-15-13)8-14-9-12(18)10-17-7-3-6-16-17/h2-7,12,14,18H,8-10H2,1H3. The molecule has 2 heterocycles. The summed E-state index contributed by atoms with van der Waals surface area (Å²) >= 11 is 0. The lowest BCUT2D eigenvalue weighted by atomic mass is 10.2. The molecule has 1 atom stereocenters. The Hall–Kier alpha value is -1.92. The highest BCUT2D eigenvalue weighted by Gasteiger charge is 2.07. The number of nitrogens with zero attached hydrogens (tertiary/aromatic N) is 3. The predicted octanol–water partition coefficient (Wildman–Crippen LogP) is 0.437. The quantitative estimate of drug-likeness (QED) is 0.757. The fourth-order valence-electron chi connectivity index (χ4n) is 1.80. The summed E-state index contributed by atoms with van der Waals surface area (Å²) in [6.07, 6.45) is 4.73. The molecule has 0 radical (unpaired) electrons.